The minimum Gasteiger partial charge on any atom is -0.495 e. The number of nitrogens with one attached hydrogen (secondary N) is 1. The second-order valence-electron chi connectivity index (χ2n) is 6.59. The lowest BCUT2D eigenvalue weighted by molar-refractivity contribution is -0.146. The van der Waals surface area contributed by atoms with Gasteiger partial charge < -0.3 is 9.64 Å². The van der Waals surface area contributed by atoms with E-state index in [1.54, 1.807) is 14.0 Å². The van der Waals surface area contributed by atoms with Crippen LogP contribution in [0.1, 0.15) is 13.3 Å². The molecule has 0 radical (unpaired) electrons. The molecule has 9 heteroatoms. The molecule has 1 aromatic carbocycles. The lowest BCUT2D eigenvalue weighted by Crippen LogP contribution is -2.49. The van der Waals surface area contributed by atoms with Crippen LogP contribution in [-0.2, 0) is 14.4 Å². The number of benzene rings is 1. The predicted molar refractivity (Wildman–Crippen MR) is 107 cm³/mol. The van der Waals surface area contributed by atoms with Gasteiger partial charge in [-0.25, -0.2) is 0 Å². The maximum absolute atomic E-state index is 12.1. The molecule has 0 atom stereocenters. The molecule has 0 aliphatic carbocycles. The van der Waals surface area contributed by atoms with Gasteiger partial charge in [0.1, 0.15) is 5.75 Å². The van der Waals surface area contributed by atoms with E-state index >= 15 is 0 Å². The molecule has 3 amide bonds. The van der Waals surface area contributed by atoms with Crippen molar-refractivity contribution in [1.82, 2.24) is 15.3 Å². The number of ether oxygens (including phenoxy) is 1. The van der Waals surface area contributed by atoms with E-state index in [0.717, 1.165) is 42.6 Å². The fourth-order valence-electron chi connectivity index (χ4n) is 3.24. The number of hydrogen-bond acceptors (Lipinski definition) is 6. The molecule has 0 spiro atoms. The van der Waals surface area contributed by atoms with Crippen molar-refractivity contribution in [2.45, 2.75) is 13.3 Å². The van der Waals surface area contributed by atoms with Crippen LogP contribution in [0.5, 0.6) is 5.75 Å². The standard InChI is InChI=1S/C19H24N4O4.ClH/c1-14-13-18(25)23(19(14)26)20-17(24)7-8-21-9-11-22(12-10-21)15-5-3-4-6-16(15)27-2;/h3-6,13H,7-12H2,1-2H3,(H,20,24);1H. The van der Waals surface area contributed by atoms with Gasteiger partial charge in [-0.3, -0.25) is 24.7 Å². The lowest BCUT2D eigenvalue weighted by Gasteiger charge is -2.36. The molecular weight excluding hydrogens is 384 g/mol. The van der Waals surface area contributed by atoms with E-state index in [1.165, 1.54) is 6.08 Å². The first-order valence-electron chi connectivity index (χ1n) is 8.96. The monoisotopic (exact) mass is 408 g/mol. The van der Waals surface area contributed by atoms with Gasteiger partial charge in [-0.2, -0.15) is 5.01 Å². The van der Waals surface area contributed by atoms with Crippen LogP contribution in [-0.4, -0.2) is 67.5 Å². The zero-order valence-electron chi connectivity index (χ0n) is 16.0. The van der Waals surface area contributed by atoms with Crippen LogP contribution >= 0.6 is 12.4 Å². The van der Waals surface area contributed by atoms with Gasteiger partial charge in [0.15, 0.2) is 0 Å². The number of nitrogens with zero attached hydrogens (tertiary/aromatic N) is 3. The molecule has 0 aromatic heterocycles. The number of methoxy groups -OCH3 is 1. The summed E-state index contributed by atoms with van der Waals surface area (Å²) in [7, 11) is 1.67. The van der Waals surface area contributed by atoms with Crippen molar-refractivity contribution in [1.29, 1.82) is 0 Å². The molecule has 1 fully saturated rings. The molecule has 2 aliphatic rings. The number of hydrazine groups is 1. The third-order valence-corrected chi connectivity index (χ3v) is 4.79. The first-order chi connectivity index (χ1) is 13.0. The highest BCUT2D eigenvalue weighted by Gasteiger charge is 2.30. The average Bonchev–Trinajstić information content (AvgIpc) is 2.93. The molecular formula is C19H25ClN4O4. The fourth-order valence-corrected chi connectivity index (χ4v) is 3.24. The highest BCUT2D eigenvalue weighted by atomic mass is 35.5. The van der Waals surface area contributed by atoms with Crippen LogP contribution < -0.4 is 15.1 Å². The molecule has 152 valence electrons. The molecule has 28 heavy (non-hydrogen) atoms. The molecule has 2 aliphatic heterocycles. The van der Waals surface area contributed by atoms with Crippen LogP contribution in [0, 0.1) is 0 Å². The Balaban J connectivity index is 0.00000280. The van der Waals surface area contributed by atoms with Crippen LogP contribution in [0.4, 0.5) is 5.69 Å². The Morgan fingerprint density at radius 2 is 1.82 bits per heavy atom. The Morgan fingerprint density at radius 3 is 2.43 bits per heavy atom. The van der Waals surface area contributed by atoms with Gasteiger partial charge in [-0.1, -0.05) is 12.1 Å². The molecule has 0 unspecified atom stereocenters. The van der Waals surface area contributed by atoms with Crippen LogP contribution in [0.15, 0.2) is 35.9 Å². The summed E-state index contributed by atoms with van der Waals surface area (Å²) >= 11 is 0. The quantitative estimate of drug-likeness (QED) is 0.706. The number of carbonyl (C=O) groups excluding carboxylic acids is 3. The topological polar surface area (TPSA) is 82.2 Å². The number of halogens is 1. The Bertz CT molecular complexity index is 775. The van der Waals surface area contributed by atoms with Crippen molar-refractivity contribution in [3.63, 3.8) is 0 Å². The van der Waals surface area contributed by atoms with E-state index < -0.39 is 11.8 Å². The van der Waals surface area contributed by atoms with Crippen molar-refractivity contribution < 1.29 is 19.1 Å². The summed E-state index contributed by atoms with van der Waals surface area (Å²) < 4.78 is 5.42. The zero-order chi connectivity index (χ0) is 19.4. The summed E-state index contributed by atoms with van der Waals surface area (Å²) in [5.41, 5.74) is 3.79. The molecule has 3 rings (SSSR count). The molecule has 0 saturated carbocycles. The number of para-hydroxylation sites is 2. The van der Waals surface area contributed by atoms with E-state index in [1.807, 2.05) is 24.3 Å². The van der Waals surface area contributed by atoms with Gasteiger partial charge in [0.2, 0.25) is 5.91 Å². The minimum atomic E-state index is -0.503. The van der Waals surface area contributed by atoms with Gasteiger partial charge >= 0.3 is 0 Å². The zero-order valence-corrected chi connectivity index (χ0v) is 16.8. The number of rotatable bonds is 6. The van der Waals surface area contributed by atoms with Gasteiger partial charge in [0, 0.05) is 50.8 Å². The molecule has 1 aromatic rings. The van der Waals surface area contributed by atoms with Gasteiger partial charge in [-0.15, -0.1) is 12.4 Å². The van der Waals surface area contributed by atoms with E-state index in [0.29, 0.717) is 12.1 Å². The number of hydrogen-bond donors (Lipinski definition) is 1. The van der Waals surface area contributed by atoms with E-state index in [2.05, 4.69) is 15.2 Å². The SMILES string of the molecule is COc1ccccc1N1CCN(CCC(=O)NN2C(=O)C=C(C)C2=O)CC1.Cl. The van der Waals surface area contributed by atoms with Gasteiger partial charge in [0.05, 0.1) is 12.8 Å². The molecule has 2 heterocycles. The van der Waals surface area contributed by atoms with Gasteiger partial charge in [-0.05, 0) is 19.1 Å². The fraction of sp³-hybridized carbons (Fsp3) is 0.421. The number of carbonyl (C=O) groups is 3. The van der Waals surface area contributed by atoms with Crippen molar-refractivity contribution >= 4 is 35.8 Å². The first kappa shape index (κ1) is 21.7. The molecule has 0 bridgehead atoms. The molecule has 8 nitrogen and oxygen atoms in total. The van der Waals surface area contributed by atoms with Crippen molar-refractivity contribution in [3.8, 4) is 5.75 Å². The van der Waals surface area contributed by atoms with Crippen LogP contribution in [0.2, 0.25) is 0 Å². The van der Waals surface area contributed by atoms with Crippen molar-refractivity contribution in [2.75, 3.05) is 44.7 Å². The molecule has 1 N–H and O–H groups in total. The van der Waals surface area contributed by atoms with E-state index in [-0.39, 0.29) is 24.7 Å². The minimum absolute atomic E-state index is 0. The second kappa shape index (κ2) is 9.57. The largest absolute Gasteiger partial charge is 0.495 e. The van der Waals surface area contributed by atoms with Crippen molar-refractivity contribution in [2.24, 2.45) is 0 Å². The summed E-state index contributed by atoms with van der Waals surface area (Å²) in [5, 5.41) is 0.775. The van der Waals surface area contributed by atoms with E-state index in [9.17, 15) is 14.4 Å². The first-order valence-corrected chi connectivity index (χ1v) is 8.96. The van der Waals surface area contributed by atoms with Gasteiger partial charge in [0.25, 0.3) is 11.8 Å². The highest BCUT2D eigenvalue weighted by Crippen LogP contribution is 2.28. The summed E-state index contributed by atoms with van der Waals surface area (Å²) in [6, 6.07) is 7.93. The van der Waals surface area contributed by atoms with E-state index in [4.69, 9.17) is 4.74 Å². The maximum atomic E-state index is 12.1. The third-order valence-electron chi connectivity index (χ3n) is 4.79. The lowest BCUT2D eigenvalue weighted by atomic mass is 10.2. The summed E-state index contributed by atoms with van der Waals surface area (Å²) in [6.45, 7) is 5.46. The Morgan fingerprint density at radius 1 is 1.14 bits per heavy atom. The number of anilines is 1. The van der Waals surface area contributed by atoms with Crippen molar-refractivity contribution in [3.05, 3.63) is 35.9 Å². The Kier molecular flexibility index (Phi) is 7.42. The predicted octanol–water partition coefficient (Wildman–Crippen LogP) is 0.975. The number of imide groups is 1. The third kappa shape index (κ3) is 4.82. The highest BCUT2D eigenvalue weighted by molar-refractivity contribution is 6.16. The van der Waals surface area contributed by atoms with Crippen LogP contribution in [0.25, 0.3) is 0 Å². The number of amides is 3. The Labute approximate surface area is 170 Å². The summed E-state index contributed by atoms with van der Waals surface area (Å²) in [5.74, 6) is -0.462. The average molecular weight is 409 g/mol. The second-order valence-corrected chi connectivity index (χ2v) is 6.59. The normalized spacial score (nSPS) is 17.3. The summed E-state index contributed by atoms with van der Waals surface area (Å²) in [6.07, 6.45) is 1.45. The Hall–Kier alpha value is -2.58. The maximum Gasteiger partial charge on any atom is 0.275 e. The number of piperazine rings is 1. The summed E-state index contributed by atoms with van der Waals surface area (Å²) in [4.78, 5) is 40.0. The van der Waals surface area contributed by atoms with Crippen LogP contribution in [0.3, 0.4) is 0 Å². The smallest absolute Gasteiger partial charge is 0.275 e. The molecule has 1 saturated heterocycles.